The standard InChI is InChI=1S/C16H21NO5/c1-11(2)12-5-4-6-13(7-12)20-10-15(18)17(3)8-14-9-21-16(19)22-14/h4-7,11,14H,8-10H2,1-3H3. The summed E-state index contributed by atoms with van der Waals surface area (Å²) in [7, 11) is 1.64. The van der Waals surface area contributed by atoms with Gasteiger partial charge in [-0.25, -0.2) is 4.79 Å². The van der Waals surface area contributed by atoms with Gasteiger partial charge in [0, 0.05) is 7.05 Å². The van der Waals surface area contributed by atoms with E-state index < -0.39 is 12.3 Å². The fourth-order valence-electron chi connectivity index (χ4n) is 2.08. The van der Waals surface area contributed by atoms with E-state index in [1.54, 1.807) is 7.05 Å². The first-order valence-corrected chi connectivity index (χ1v) is 7.26. The lowest BCUT2D eigenvalue weighted by Crippen LogP contribution is -2.38. The fraction of sp³-hybridized carbons (Fsp3) is 0.500. The Morgan fingerprint density at radius 3 is 2.86 bits per heavy atom. The van der Waals surface area contributed by atoms with Crippen LogP contribution in [0.15, 0.2) is 24.3 Å². The Balaban J connectivity index is 1.81. The Labute approximate surface area is 129 Å². The quantitative estimate of drug-likeness (QED) is 0.754. The molecule has 0 aliphatic carbocycles. The number of benzene rings is 1. The summed E-state index contributed by atoms with van der Waals surface area (Å²) in [5.74, 6) is 0.889. The van der Waals surface area contributed by atoms with Gasteiger partial charge in [-0.3, -0.25) is 4.79 Å². The predicted molar refractivity (Wildman–Crippen MR) is 79.9 cm³/mol. The molecule has 1 heterocycles. The van der Waals surface area contributed by atoms with Crippen LogP contribution in [-0.2, 0) is 14.3 Å². The average molecular weight is 307 g/mol. The van der Waals surface area contributed by atoms with Crippen molar-refractivity contribution in [2.24, 2.45) is 0 Å². The van der Waals surface area contributed by atoms with Crippen molar-refractivity contribution in [3.05, 3.63) is 29.8 Å². The Morgan fingerprint density at radius 1 is 1.45 bits per heavy atom. The lowest BCUT2D eigenvalue weighted by atomic mass is 10.0. The van der Waals surface area contributed by atoms with Crippen molar-refractivity contribution in [2.75, 3.05) is 26.8 Å². The van der Waals surface area contributed by atoms with E-state index >= 15 is 0 Å². The molecule has 0 aromatic heterocycles. The van der Waals surface area contributed by atoms with Gasteiger partial charge in [0.15, 0.2) is 12.7 Å². The number of ether oxygens (including phenoxy) is 3. The summed E-state index contributed by atoms with van der Waals surface area (Å²) in [5.41, 5.74) is 1.16. The van der Waals surface area contributed by atoms with E-state index in [-0.39, 0.29) is 19.1 Å². The molecule has 1 unspecified atom stereocenters. The van der Waals surface area contributed by atoms with Gasteiger partial charge >= 0.3 is 6.16 Å². The number of carbonyl (C=O) groups is 2. The Bertz CT molecular complexity index is 543. The second-order valence-corrected chi connectivity index (χ2v) is 5.59. The number of rotatable bonds is 6. The zero-order valence-corrected chi connectivity index (χ0v) is 13.1. The molecule has 1 amide bonds. The molecule has 6 heteroatoms. The SMILES string of the molecule is CC(C)c1cccc(OCC(=O)N(C)CC2COC(=O)O2)c1. The molecule has 120 valence electrons. The molecular weight excluding hydrogens is 286 g/mol. The second kappa shape index (κ2) is 7.15. The molecule has 1 aromatic carbocycles. The van der Waals surface area contributed by atoms with Crippen LogP contribution in [0.3, 0.4) is 0 Å². The van der Waals surface area contributed by atoms with Crippen LogP contribution < -0.4 is 4.74 Å². The molecule has 1 aliphatic heterocycles. The third kappa shape index (κ3) is 4.38. The molecule has 1 aliphatic rings. The van der Waals surface area contributed by atoms with Gasteiger partial charge < -0.3 is 19.1 Å². The lowest BCUT2D eigenvalue weighted by Gasteiger charge is -2.19. The zero-order chi connectivity index (χ0) is 16.1. The van der Waals surface area contributed by atoms with Crippen LogP contribution in [-0.4, -0.2) is 49.9 Å². The summed E-state index contributed by atoms with van der Waals surface area (Å²) in [6, 6.07) is 7.70. The Kier molecular flexibility index (Phi) is 5.25. The summed E-state index contributed by atoms with van der Waals surface area (Å²) >= 11 is 0. The summed E-state index contributed by atoms with van der Waals surface area (Å²) in [5, 5.41) is 0. The third-order valence-electron chi connectivity index (χ3n) is 3.44. The number of likely N-dealkylation sites (N-methyl/N-ethyl adjacent to an activating group) is 1. The highest BCUT2D eigenvalue weighted by Crippen LogP contribution is 2.20. The van der Waals surface area contributed by atoms with E-state index in [9.17, 15) is 9.59 Å². The van der Waals surface area contributed by atoms with Gasteiger partial charge in [-0.1, -0.05) is 26.0 Å². The lowest BCUT2D eigenvalue weighted by molar-refractivity contribution is -0.133. The van der Waals surface area contributed by atoms with Crippen LogP contribution in [0.5, 0.6) is 5.75 Å². The molecule has 1 saturated heterocycles. The van der Waals surface area contributed by atoms with Crippen molar-refractivity contribution in [2.45, 2.75) is 25.9 Å². The van der Waals surface area contributed by atoms with Gasteiger partial charge in [0.05, 0.1) is 6.54 Å². The summed E-state index contributed by atoms with van der Waals surface area (Å²) in [4.78, 5) is 24.3. The van der Waals surface area contributed by atoms with Gasteiger partial charge in [-0.05, 0) is 23.6 Å². The molecule has 0 spiro atoms. The van der Waals surface area contributed by atoms with Crippen LogP contribution in [0.2, 0.25) is 0 Å². The number of hydrogen-bond acceptors (Lipinski definition) is 5. The van der Waals surface area contributed by atoms with E-state index in [2.05, 4.69) is 18.6 Å². The van der Waals surface area contributed by atoms with Crippen molar-refractivity contribution in [3.8, 4) is 5.75 Å². The van der Waals surface area contributed by atoms with Crippen molar-refractivity contribution in [1.82, 2.24) is 4.90 Å². The number of hydrogen-bond donors (Lipinski definition) is 0. The molecule has 2 rings (SSSR count). The number of cyclic esters (lactones) is 2. The van der Waals surface area contributed by atoms with Crippen LogP contribution in [0.4, 0.5) is 4.79 Å². The first-order valence-electron chi connectivity index (χ1n) is 7.26. The van der Waals surface area contributed by atoms with E-state index in [0.717, 1.165) is 5.56 Å². The van der Waals surface area contributed by atoms with Crippen LogP contribution in [0.25, 0.3) is 0 Å². The number of carbonyl (C=O) groups excluding carboxylic acids is 2. The molecule has 22 heavy (non-hydrogen) atoms. The highest BCUT2D eigenvalue weighted by molar-refractivity contribution is 5.77. The molecule has 6 nitrogen and oxygen atoms in total. The second-order valence-electron chi connectivity index (χ2n) is 5.59. The van der Waals surface area contributed by atoms with Crippen LogP contribution >= 0.6 is 0 Å². The summed E-state index contributed by atoms with van der Waals surface area (Å²) in [6.45, 7) is 4.61. The van der Waals surface area contributed by atoms with Crippen molar-refractivity contribution in [1.29, 1.82) is 0 Å². The first kappa shape index (κ1) is 16.1. The van der Waals surface area contributed by atoms with Crippen LogP contribution in [0, 0.1) is 0 Å². The maximum absolute atomic E-state index is 12.0. The Morgan fingerprint density at radius 2 is 2.23 bits per heavy atom. The summed E-state index contributed by atoms with van der Waals surface area (Å²) in [6.07, 6.45) is -1.10. The molecule has 0 saturated carbocycles. The van der Waals surface area contributed by atoms with E-state index in [1.165, 1.54) is 4.90 Å². The normalized spacial score (nSPS) is 17.1. The highest BCUT2D eigenvalue weighted by Gasteiger charge is 2.27. The highest BCUT2D eigenvalue weighted by atomic mass is 16.8. The predicted octanol–water partition coefficient (Wildman–Crippen LogP) is 2.18. The maximum atomic E-state index is 12.0. The topological polar surface area (TPSA) is 65.1 Å². The maximum Gasteiger partial charge on any atom is 0.508 e. The fourth-order valence-corrected chi connectivity index (χ4v) is 2.08. The molecule has 1 aromatic rings. The Hall–Kier alpha value is -2.24. The van der Waals surface area contributed by atoms with E-state index in [0.29, 0.717) is 18.2 Å². The van der Waals surface area contributed by atoms with Crippen molar-refractivity contribution in [3.63, 3.8) is 0 Å². The van der Waals surface area contributed by atoms with Gasteiger partial charge in [-0.15, -0.1) is 0 Å². The minimum Gasteiger partial charge on any atom is -0.484 e. The monoisotopic (exact) mass is 307 g/mol. The van der Waals surface area contributed by atoms with E-state index in [1.807, 2.05) is 24.3 Å². The smallest absolute Gasteiger partial charge is 0.484 e. The minimum atomic E-state index is -0.687. The molecular formula is C16H21NO5. The summed E-state index contributed by atoms with van der Waals surface area (Å²) < 4.78 is 15.1. The molecule has 1 atom stereocenters. The van der Waals surface area contributed by atoms with Crippen molar-refractivity contribution < 1.29 is 23.8 Å². The number of amides is 1. The molecule has 0 radical (unpaired) electrons. The van der Waals surface area contributed by atoms with Gasteiger partial charge in [-0.2, -0.15) is 0 Å². The van der Waals surface area contributed by atoms with E-state index in [4.69, 9.17) is 9.47 Å². The third-order valence-corrected chi connectivity index (χ3v) is 3.44. The average Bonchev–Trinajstić information content (AvgIpc) is 2.90. The van der Waals surface area contributed by atoms with Gasteiger partial charge in [0.25, 0.3) is 5.91 Å². The molecule has 0 bridgehead atoms. The largest absolute Gasteiger partial charge is 0.508 e. The van der Waals surface area contributed by atoms with Crippen LogP contribution in [0.1, 0.15) is 25.3 Å². The molecule has 0 N–H and O–H groups in total. The van der Waals surface area contributed by atoms with Gasteiger partial charge in [0.1, 0.15) is 12.4 Å². The van der Waals surface area contributed by atoms with Crippen molar-refractivity contribution >= 4 is 12.1 Å². The zero-order valence-electron chi connectivity index (χ0n) is 13.1. The number of nitrogens with zero attached hydrogens (tertiary/aromatic N) is 1. The first-order chi connectivity index (χ1) is 10.5. The van der Waals surface area contributed by atoms with Gasteiger partial charge in [0.2, 0.25) is 0 Å². The minimum absolute atomic E-state index is 0.0560. The molecule has 1 fully saturated rings.